The predicted molar refractivity (Wildman–Crippen MR) is 44.0 cm³/mol. The van der Waals surface area contributed by atoms with Crippen molar-refractivity contribution in [2.45, 2.75) is 17.6 Å². The van der Waals surface area contributed by atoms with Crippen molar-refractivity contribution in [1.82, 2.24) is 5.32 Å². The summed E-state index contributed by atoms with van der Waals surface area (Å²) in [6.45, 7) is 1.49. The summed E-state index contributed by atoms with van der Waals surface area (Å²) in [5.41, 5.74) is 0. The lowest BCUT2D eigenvalue weighted by Crippen LogP contribution is -2.25. The van der Waals surface area contributed by atoms with Crippen LogP contribution >= 0.6 is 11.8 Å². The van der Waals surface area contributed by atoms with Gasteiger partial charge in [0.15, 0.2) is 0 Å². The molecule has 0 atom stereocenters. The Morgan fingerprint density at radius 3 is 2.80 bits per heavy atom. The monoisotopic (exact) mass is 156 g/mol. The molecule has 56 valence electrons. The Kier molecular flexibility index (Phi) is 2.58. The number of thioether (sulfide) groups is 1. The van der Waals surface area contributed by atoms with Crippen molar-refractivity contribution in [3.8, 4) is 6.07 Å². The molecule has 1 rings (SSSR count). The van der Waals surface area contributed by atoms with Gasteiger partial charge in [-0.2, -0.15) is 17.0 Å². The Labute approximate surface area is 66.0 Å². The Morgan fingerprint density at radius 2 is 2.40 bits per heavy atom. The Morgan fingerprint density at radius 1 is 1.70 bits per heavy atom. The number of hydrogen-bond donors (Lipinski definition) is 1. The zero-order valence-electron chi connectivity index (χ0n) is 6.18. The summed E-state index contributed by atoms with van der Waals surface area (Å²) in [4.78, 5) is 0. The van der Waals surface area contributed by atoms with Crippen LogP contribution in [0.2, 0.25) is 0 Å². The molecule has 0 aliphatic heterocycles. The van der Waals surface area contributed by atoms with Crippen molar-refractivity contribution in [3.05, 3.63) is 0 Å². The van der Waals surface area contributed by atoms with Gasteiger partial charge in [-0.1, -0.05) is 0 Å². The van der Waals surface area contributed by atoms with Gasteiger partial charge in [-0.25, -0.2) is 0 Å². The van der Waals surface area contributed by atoms with Crippen LogP contribution in [0, 0.1) is 11.3 Å². The second-order valence-corrected chi connectivity index (χ2v) is 3.92. The number of nitriles is 1. The van der Waals surface area contributed by atoms with Gasteiger partial charge in [0.1, 0.15) is 0 Å². The largest absolute Gasteiger partial charge is 0.303 e. The SMILES string of the molecule is CSC1(CNCC#N)CC1. The van der Waals surface area contributed by atoms with Gasteiger partial charge < -0.3 is 5.32 Å². The third-order valence-corrected chi connectivity index (χ3v) is 3.31. The fourth-order valence-electron chi connectivity index (χ4n) is 0.939. The number of hydrogen-bond acceptors (Lipinski definition) is 3. The van der Waals surface area contributed by atoms with Gasteiger partial charge in [-0.15, -0.1) is 0 Å². The highest BCUT2D eigenvalue weighted by Crippen LogP contribution is 2.46. The Bertz CT molecular complexity index is 146. The smallest absolute Gasteiger partial charge is 0.0841 e. The molecule has 1 fully saturated rings. The van der Waals surface area contributed by atoms with E-state index in [1.807, 2.05) is 11.8 Å². The summed E-state index contributed by atoms with van der Waals surface area (Å²) in [6.07, 6.45) is 4.76. The zero-order valence-corrected chi connectivity index (χ0v) is 7.00. The van der Waals surface area contributed by atoms with Crippen molar-refractivity contribution < 1.29 is 0 Å². The van der Waals surface area contributed by atoms with Gasteiger partial charge in [0.05, 0.1) is 12.6 Å². The molecular weight excluding hydrogens is 144 g/mol. The van der Waals surface area contributed by atoms with E-state index in [-0.39, 0.29) is 0 Å². The van der Waals surface area contributed by atoms with Crippen LogP contribution < -0.4 is 5.32 Å². The first-order valence-electron chi connectivity index (χ1n) is 3.46. The molecule has 0 radical (unpaired) electrons. The standard InChI is InChI=1S/C7H12N2S/c1-10-7(2-3-7)6-9-5-4-8/h9H,2-3,5-6H2,1H3. The molecule has 10 heavy (non-hydrogen) atoms. The molecular formula is C7H12N2S. The van der Waals surface area contributed by atoms with E-state index in [9.17, 15) is 0 Å². The topological polar surface area (TPSA) is 35.8 Å². The summed E-state index contributed by atoms with van der Waals surface area (Å²) in [5, 5.41) is 11.3. The Hall–Kier alpha value is -0.200. The quantitative estimate of drug-likeness (QED) is 0.487. The molecule has 1 aliphatic carbocycles. The molecule has 0 aromatic rings. The predicted octanol–water partition coefficient (Wildman–Crippen LogP) is 0.995. The van der Waals surface area contributed by atoms with E-state index in [2.05, 4.69) is 17.6 Å². The van der Waals surface area contributed by atoms with Crippen LogP contribution in [-0.2, 0) is 0 Å². The van der Waals surface area contributed by atoms with E-state index >= 15 is 0 Å². The van der Waals surface area contributed by atoms with Crippen LogP contribution in [0.15, 0.2) is 0 Å². The minimum Gasteiger partial charge on any atom is -0.303 e. The third-order valence-electron chi connectivity index (χ3n) is 1.89. The molecule has 3 heteroatoms. The normalized spacial score (nSPS) is 20.0. The van der Waals surface area contributed by atoms with Crippen LogP contribution in [0.5, 0.6) is 0 Å². The minimum atomic E-state index is 0.488. The van der Waals surface area contributed by atoms with Crippen molar-refractivity contribution in [2.24, 2.45) is 0 Å². The first-order valence-corrected chi connectivity index (χ1v) is 4.68. The third kappa shape index (κ3) is 1.89. The lowest BCUT2D eigenvalue weighted by Gasteiger charge is -2.10. The summed E-state index contributed by atoms with van der Waals surface area (Å²) >= 11 is 1.92. The van der Waals surface area contributed by atoms with Crippen molar-refractivity contribution in [3.63, 3.8) is 0 Å². The van der Waals surface area contributed by atoms with Crippen molar-refractivity contribution in [2.75, 3.05) is 19.3 Å². The molecule has 1 saturated carbocycles. The van der Waals surface area contributed by atoms with E-state index in [4.69, 9.17) is 5.26 Å². The van der Waals surface area contributed by atoms with Crippen molar-refractivity contribution >= 4 is 11.8 Å². The van der Waals surface area contributed by atoms with Crippen LogP contribution in [-0.4, -0.2) is 24.1 Å². The maximum absolute atomic E-state index is 8.24. The van der Waals surface area contributed by atoms with E-state index in [0.29, 0.717) is 11.3 Å². The number of rotatable bonds is 4. The molecule has 0 spiro atoms. The van der Waals surface area contributed by atoms with Crippen LogP contribution in [0.4, 0.5) is 0 Å². The molecule has 0 aromatic carbocycles. The van der Waals surface area contributed by atoms with Crippen LogP contribution in [0.1, 0.15) is 12.8 Å². The first-order chi connectivity index (χ1) is 4.83. The van der Waals surface area contributed by atoms with Crippen LogP contribution in [0.3, 0.4) is 0 Å². The summed E-state index contributed by atoms with van der Waals surface area (Å²) < 4.78 is 0.497. The fourth-order valence-corrected chi connectivity index (χ4v) is 1.70. The molecule has 2 nitrogen and oxygen atoms in total. The average Bonchev–Trinajstić information content (AvgIpc) is 2.70. The molecule has 0 unspecified atom stereocenters. The van der Waals surface area contributed by atoms with Crippen molar-refractivity contribution in [1.29, 1.82) is 5.26 Å². The lowest BCUT2D eigenvalue weighted by atomic mass is 10.4. The maximum atomic E-state index is 8.24. The molecule has 1 N–H and O–H groups in total. The van der Waals surface area contributed by atoms with Crippen LogP contribution in [0.25, 0.3) is 0 Å². The highest BCUT2D eigenvalue weighted by molar-refractivity contribution is 8.00. The minimum absolute atomic E-state index is 0.488. The van der Waals surface area contributed by atoms with Gasteiger partial charge >= 0.3 is 0 Å². The van der Waals surface area contributed by atoms with E-state index < -0.39 is 0 Å². The second kappa shape index (κ2) is 3.27. The zero-order chi connectivity index (χ0) is 7.45. The molecule has 1 aliphatic rings. The molecule has 0 saturated heterocycles. The lowest BCUT2D eigenvalue weighted by molar-refractivity contribution is 0.717. The summed E-state index contributed by atoms with van der Waals surface area (Å²) in [6, 6.07) is 2.07. The Balaban J connectivity index is 2.08. The number of nitrogens with zero attached hydrogens (tertiary/aromatic N) is 1. The molecule has 0 heterocycles. The summed E-state index contributed by atoms with van der Waals surface area (Å²) in [5.74, 6) is 0. The van der Waals surface area contributed by atoms with E-state index in [0.717, 1.165) is 6.54 Å². The highest BCUT2D eigenvalue weighted by atomic mass is 32.2. The average molecular weight is 156 g/mol. The van der Waals surface area contributed by atoms with Gasteiger partial charge in [-0.3, -0.25) is 0 Å². The van der Waals surface area contributed by atoms with E-state index in [1.54, 1.807) is 0 Å². The molecule has 0 amide bonds. The highest BCUT2D eigenvalue weighted by Gasteiger charge is 2.41. The fraction of sp³-hybridized carbons (Fsp3) is 0.857. The number of nitrogens with one attached hydrogen (secondary N) is 1. The summed E-state index contributed by atoms with van der Waals surface area (Å²) in [7, 11) is 0. The van der Waals surface area contributed by atoms with Gasteiger partial charge in [0, 0.05) is 11.3 Å². The van der Waals surface area contributed by atoms with E-state index in [1.165, 1.54) is 12.8 Å². The van der Waals surface area contributed by atoms with Gasteiger partial charge in [0.2, 0.25) is 0 Å². The first kappa shape index (κ1) is 7.90. The second-order valence-electron chi connectivity index (χ2n) is 2.65. The van der Waals surface area contributed by atoms with Gasteiger partial charge in [-0.05, 0) is 19.1 Å². The maximum Gasteiger partial charge on any atom is 0.0841 e. The molecule has 0 aromatic heterocycles. The van der Waals surface area contributed by atoms with Gasteiger partial charge in [0.25, 0.3) is 0 Å². The molecule has 0 bridgehead atoms.